The van der Waals surface area contributed by atoms with Gasteiger partial charge in [-0.3, -0.25) is 4.79 Å². The fourth-order valence-corrected chi connectivity index (χ4v) is 3.26. The number of hydrogen-bond donors (Lipinski definition) is 0. The number of nitrogens with zero attached hydrogens (tertiary/aromatic N) is 1. The molecular weight excluding hydrogens is 242 g/mol. The molecule has 1 heterocycles. The van der Waals surface area contributed by atoms with E-state index in [1.54, 1.807) is 11.8 Å². The molecule has 0 atom stereocenters. The van der Waals surface area contributed by atoms with E-state index in [-0.39, 0.29) is 11.9 Å². The second kappa shape index (κ2) is 4.02. The predicted molar refractivity (Wildman–Crippen MR) is 77.7 cm³/mol. The molecule has 0 fully saturated rings. The Balaban J connectivity index is 2.39. The van der Waals surface area contributed by atoms with Crippen molar-refractivity contribution in [1.82, 2.24) is 0 Å². The number of anilines is 1. The number of carbonyl (C=O) groups is 1. The van der Waals surface area contributed by atoms with Gasteiger partial charge in [0, 0.05) is 21.9 Å². The topological polar surface area (TPSA) is 20.3 Å². The van der Waals surface area contributed by atoms with Crippen molar-refractivity contribution in [2.75, 3.05) is 11.2 Å². The molecule has 0 aromatic heterocycles. The van der Waals surface area contributed by atoms with Crippen LogP contribution >= 0.6 is 11.8 Å². The number of benzene rings is 2. The molecular formula is C15H15NOS. The van der Waals surface area contributed by atoms with Crippen LogP contribution in [0.2, 0.25) is 0 Å². The van der Waals surface area contributed by atoms with E-state index in [0.717, 1.165) is 16.6 Å². The Hall–Kier alpha value is -1.48. The lowest BCUT2D eigenvalue weighted by Gasteiger charge is -2.22. The van der Waals surface area contributed by atoms with Crippen molar-refractivity contribution in [1.29, 1.82) is 0 Å². The molecule has 0 saturated carbocycles. The van der Waals surface area contributed by atoms with Crippen LogP contribution < -0.4 is 4.90 Å². The Labute approximate surface area is 111 Å². The highest BCUT2D eigenvalue weighted by Gasteiger charge is 2.31. The second-order valence-corrected chi connectivity index (χ2v) is 5.63. The number of amides is 1. The first-order valence-corrected chi connectivity index (χ1v) is 7.31. The molecule has 0 spiro atoms. The van der Waals surface area contributed by atoms with Crippen LogP contribution in [0.1, 0.15) is 24.2 Å². The van der Waals surface area contributed by atoms with Gasteiger partial charge in [0.25, 0.3) is 5.91 Å². The van der Waals surface area contributed by atoms with Crippen LogP contribution in [-0.2, 0) is 0 Å². The van der Waals surface area contributed by atoms with Crippen molar-refractivity contribution in [3.05, 3.63) is 35.9 Å². The van der Waals surface area contributed by atoms with E-state index in [4.69, 9.17) is 0 Å². The monoisotopic (exact) mass is 257 g/mol. The first-order chi connectivity index (χ1) is 8.65. The molecule has 92 valence electrons. The zero-order valence-electron chi connectivity index (χ0n) is 10.7. The van der Waals surface area contributed by atoms with Crippen molar-refractivity contribution in [2.45, 2.75) is 24.8 Å². The molecule has 0 radical (unpaired) electrons. The average Bonchev–Trinajstić information content (AvgIpc) is 2.65. The Morgan fingerprint density at radius 1 is 1.17 bits per heavy atom. The van der Waals surface area contributed by atoms with Crippen LogP contribution in [0, 0.1) is 0 Å². The highest BCUT2D eigenvalue weighted by molar-refractivity contribution is 7.98. The van der Waals surface area contributed by atoms with Gasteiger partial charge >= 0.3 is 0 Å². The first kappa shape index (κ1) is 11.6. The van der Waals surface area contributed by atoms with E-state index in [1.165, 1.54) is 10.3 Å². The Kier molecular flexibility index (Phi) is 2.59. The summed E-state index contributed by atoms with van der Waals surface area (Å²) in [7, 11) is 0. The third-order valence-corrected chi connectivity index (χ3v) is 4.22. The quantitative estimate of drug-likeness (QED) is 0.760. The van der Waals surface area contributed by atoms with E-state index in [2.05, 4.69) is 38.3 Å². The van der Waals surface area contributed by atoms with Crippen molar-refractivity contribution < 1.29 is 4.79 Å². The predicted octanol–water partition coefficient (Wildman–Crippen LogP) is 3.93. The van der Waals surface area contributed by atoms with E-state index in [1.807, 2.05) is 17.0 Å². The molecule has 3 rings (SSSR count). The van der Waals surface area contributed by atoms with Gasteiger partial charge in [0.1, 0.15) is 0 Å². The summed E-state index contributed by atoms with van der Waals surface area (Å²) in [6.45, 7) is 4.11. The van der Waals surface area contributed by atoms with E-state index in [0.29, 0.717) is 0 Å². The van der Waals surface area contributed by atoms with Crippen LogP contribution in [0.5, 0.6) is 0 Å². The lowest BCUT2D eigenvalue weighted by Crippen LogP contribution is -2.33. The maximum absolute atomic E-state index is 12.4. The summed E-state index contributed by atoms with van der Waals surface area (Å²) in [5.74, 6) is 0.129. The van der Waals surface area contributed by atoms with Gasteiger partial charge in [-0.1, -0.05) is 12.1 Å². The lowest BCUT2D eigenvalue weighted by molar-refractivity contribution is 0.0987. The van der Waals surface area contributed by atoms with Gasteiger partial charge < -0.3 is 4.90 Å². The first-order valence-electron chi connectivity index (χ1n) is 6.08. The van der Waals surface area contributed by atoms with E-state index in [9.17, 15) is 4.79 Å². The van der Waals surface area contributed by atoms with E-state index >= 15 is 0 Å². The molecule has 2 aromatic carbocycles. The van der Waals surface area contributed by atoms with Crippen LogP contribution in [0.15, 0.2) is 35.2 Å². The second-order valence-electron chi connectivity index (χ2n) is 4.78. The maximum Gasteiger partial charge on any atom is 0.259 e. The molecule has 0 saturated heterocycles. The summed E-state index contributed by atoms with van der Waals surface area (Å²) >= 11 is 1.72. The van der Waals surface area contributed by atoms with E-state index < -0.39 is 0 Å². The van der Waals surface area contributed by atoms with Crippen molar-refractivity contribution in [3.8, 4) is 0 Å². The third-order valence-electron chi connectivity index (χ3n) is 3.42. The summed E-state index contributed by atoms with van der Waals surface area (Å²) in [5, 5.41) is 2.30. The smallest absolute Gasteiger partial charge is 0.259 e. The van der Waals surface area contributed by atoms with Crippen LogP contribution in [-0.4, -0.2) is 18.2 Å². The molecule has 0 unspecified atom stereocenters. The maximum atomic E-state index is 12.4. The molecule has 1 amide bonds. The molecule has 0 aliphatic carbocycles. The van der Waals surface area contributed by atoms with Gasteiger partial charge in [0.2, 0.25) is 0 Å². The summed E-state index contributed by atoms with van der Waals surface area (Å²) in [4.78, 5) is 15.6. The summed E-state index contributed by atoms with van der Waals surface area (Å²) in [6, 6.07) is 10.4. The molecule has 3 heteroatoms. The Morgan fingerprint density at radius 2 is 1.94 bits per heavy atom. The minimum atomic E-state index is 0.129. The number of carbonyl (C=O) groups excluding carboxylic acids is 1. The zero-order valence-corrected chi connectivity index (χ0v) is 11.5. The third kappa shape index (κ3) is 1.40. The zero-order chi connectivity index (χ0) is 12.9. The van der Waals surface area contributed by atoms with Gasteiger partial charge in [-0.15, -0.1) is 11.8 Å². The van der Waals surface area contributed by atoms with Crippen LogP contribution in [0.25, 0.3) is 10.8 Å². The van der Waals surface area contributed by atoms with Gasteiger partial charge in [-0.25, -0.2) is 0 Å². The molecule has 2 nitrogen and oxygen atoms in total. The molecule has 2 aromatic rings. The Bertz CT molecular complexity index is 648. The van der Waals surface area contributed by atoms with Crippen molar-refractivity contribution in [2.24, 2.45) is 0 Å². The number of hydrogen-bond acceptors (Lipinski definition) is 2. The highest BCUT2D eigenvalue weighted by Crippen LogP contribution is 2.41. The largest absolute Gasteiger partial charge is 0.305 e. The van der Waals surface area contributed by atoms with Crippen LogP contribution in [0.4, 0.5) is 5.69 Å². The normalized spacial score (nSPS) is 14.0. The fourth-order valence-electron chi connectivity index (χ4n) is 2.67. The minimum Gasteiger partial charge on any atom is -0.305 e. The van der Waals surface area contributed by atoms with Crippen molar-refractivity contribution in [3.63, 3.8) is 0 Å². The number of thioether (sulfide) groups is 1. The number of rotatable bonds is 2. The molecule has 1 aliphatic heterocycles. The summed E-state index contributed by atoms with van der Waals surface area (Å²) in [5.41, 5.74) is 1.89. The summed E-state index contributed by atoms with van der Waals surface area (Å²) < 4.78 is 0. The molecule has 0 N–H and O–H groups in total. The lowest BCUT2D eigenvalue weighted by atomic mass is 10.1. The standard InChI is InChI=1S/C15H15NOS/c1-9(2)16-12-7-8-13(18-3)10-5-4-6-11(14(10)12)15(16)17/h4-9H,1-3H3. The minimum absolute atomic E-state index is 0.129. The highest BCUT2D eigenvalue weighted by atomic mass is 32.2. The Morgan fingerprint density at radius 3 is 2.61 bits per heavy atom. The van der Waals surface area contributed by atoms with Gasteiger partial charge in [-0.2, -0.15) is 0 Å². The average molecular weight is 257 g/mol. The SMILES string of the molecule is CSc1ccc2c3c(cccc13)C(=O)N2C(C)C. The summed E-state index contributed by atoms with van der Waals surface area (Å²) in [6.07, 6.45) is 2.07. The van der Waals surface area contributed by atoms with Gasteiger partial charge in [-0.05, 0) is 43.7 Å². The molecule has 0 bridgehead atoms. The van der Waals surface area contributed by atoms with Crippen molar-refractivity contribution >= 4 is 34.1 Å². The van der Waals surface area contributed by atoms with Gasteiger partial charge in [0.05, 0.1) is 5.69 Å². The fraction of sp³-hybridized carbons (Fsp3) is 0.267. The molecule has 1 aliphatic rings. The van der Waals surface area contributed by atoms with Crippen LogP contribution in [0.3, 0.4) is 0 Å². The van der Waals surface area contributed by atoms with Gasteiger partial charge in [0.15, 0.2) is 0 Å². The molecule has 18 heavy (non-hydrogen) atoms.